The molecule has 7 heteroatoms. The number of likely N-dealkylation sites (tertiary alicyclic amines) is 1. The number of allylic oxidation sites excluding steroid dienone is 1. The van der Waals surface area contributed by atoms with E-state index in [4.69, 9.17) is 9.47 Å². The first-order chi connectivity index (χ1) is 16.0. The van der Waals surface area contributed by atoms with E-state index in [9.17, 15) is 14.9 Å². The minimum atomic E-state index is -0.523. The summed E-state index contributed by atoms with van der Waals surface area (Å²) < 4.78 is 11.9. The van der Waals surface area contributed by atoms with Gasteiger partial charge in [-0.1, -0.05) is 42.5 Å². The Hall–Kier alpha value is -3.61. The zero-order valence-electron chi connectivity index (χ0n) is 19.0. The summed E-state index contributed by atoms with van der Waals surface area (Å²) in [5, 5.41) is 11.5. The molecular formula is C26H28N2O5. The summed E-state index contributed by atoms with van der Waals surface area (Å²) in [7, 11) is 0. The van der Waals surface area contributed by atoms with Crippen LogP contribution in [0.4, 0.5) is 5.69 Å². The number of nitrogens with zero attached hydrogens (tertiary/aromatic N) is 2. The summed E-state index contributed by atoms with van der Waals surface area (Å²) in [6.45, 7) is 5.65. The number of esters is 1. The van der Waals surface area contributed by atoms with Crippen LogP contribution in [0.15, 0.2) is 71.6 Å². The van der Waals surface area contributed by atoms with Gasteiger partial charge in [-0.2, -0.15) is 0 Å². The van der Waals surface area contributed by atoms with Gasteiger partial charge < -0.3 is 14.4 Å². The van der Waals surface area contributed by atoms with Crippen molar-refractivity contribution in [3.63, 3.8) is 0 Å². The highest BCUT2D eigenvalue weighted by molar-refractivity contribution is 5.99. The minimum Gasteiger partial charge on any atom is -0.463 e. The van der Waals surface area contributed by atoms with E-state index < -0.39 is 16.8 Å². The third kappa shape index (κ3) is 4.62. The first kappa shape index (κ1) is 22.6. The molecular weight excluding hydrogens is 420 g/mol. The van der Waals surface area contributed by atoms with Gasteiger partial charge >= 0.3 is 5.97 Å². The van der Waals surface area contributed by atoms with E-state index in [-0.39, 0.29) is 12.3 Å². The summed E-state index contributed by atoms with van der Waals surface area (Å²) >= 11 is 0. The summed E-state index contributed by atoms with van der Waals surface area (Å²) in [6, 6.07) is 16.0. The van der Waals surface area contributed by atoms with Crippen LogP contribution in [0.5, 0.6) is 0 Å². The molecule has 1 atom stereocenters. The van der Waals surface area contributed by atoms with Crippen LogP contribution in [0.3, 0.4) is 0 Å². The molecule has 1 fully saturated rings. The molecule has 7 nitrogen and oxygen atoms in total. The molecule has 0 spiro atoms. The topological polar surface area (TPSA) is 81.9 Å². The number of ether oxygens (including phenoxy) is 2. The van der Waals surface area contributed by atoms with Gasteiger partial charge in [0.2, 0.25) is 0 Å². The lowest BCUT2D eigenvalue weighted by molar-refractivity contribution is -0.384. The van der Waals surface area contributed by atoms with Crippen molar-refractivity contribution >= 4 is 17.4 Å². The summed E-state index contributed by atoms with van der Waals surface area (Å²) in [5.74, 6) is 0.157. The van der Waals surface area contributed by atoms with E-state index in [1.165, 1.54) is 18.6 Å². The lowest BCUT2D eigenvalue weighted by Gasteiger charge is -2.37. The molecule has 0 saturated carbocycles. The second-order valence-corrected chi connectivity index (χ2v) is 8.25. The molecule has 0 aromatic heterocycles. The molecule has 172 valence electrons. The van der Waals surface area contributed by atoms with Crippen LogP contribution in [0.25, 0.3) is 5.76 Å². The van der Waals surface area contributed by atoms with Crippen molar-refractivity contribution in [3.05, 3.63) is 92.9 Å². The SMILES string of the molecule is CCOC(=O)C1=C(c2ccccc2)OC(N2CCCCC2)=C(C)[C@@H]1c1cccc([N+](=O)[O-])c1. The molecule has 0 aliphatic carbocycles. The fourth-order valence-corrected chi connectivity index (χ4v) is 4.57. The fourth-order valence-electron chi connectivity index (χ4n) is 4.57. The minimum absolute atomic E-state index is 0.0178. The number of carbonyl (C=O) groups is 1. The van der Waals surface area contributed by atoms with Crippen molar-refractivity contribution in [2.75, 3.05) is 19.7 Å². The summed E-state index contributed by atoms with van der Waals surface area (Å²) in [4.78, 5) is 26.6. The Bertz CT molecular complexity index is 1100. The molecule has 0 bridgehead atoms. The van der Waals surface area contributed by atoms with E-state index in [2.05, 4.69) is 4.90 Å². The monoisotopic (exact) mass is 448 g/mol. The fraction of sp³-hybridized carbons (Fsp3) is 0.346. The number of benzene rings is 2. The van der Waals surface area contributed by atoms with Gasteiger partial charge in [-0.3, -0.25) is 10.1 Å². The van der Waals surface area contributed by atoms with E-state index >= 15 is 0 Å². The maximum atomic E-state index is 13.3. The molecule has 0 radical (unpaired) electrons. The van der Waals surface area contributed by atoms with Gasteiger partial charge in [0, 0.05) is 36.7 Å². The van der Waals surface area contributed by atoms with Crippen molar-refractivity contribution in [1.29, 1.82) is 0 Å². The first-order valence-electron chi connectivity index (χ1n) is 11.4. The van der Waals surface area contributed by atoms with Gasteiger partial charge in [0.25, 0.3) is 5.69 Å². The Labute approximate surface area is 193 Å². The van der Waals surface area contributed by atoms with Crippen LogP contribution in [-0.4, -0.2) is 35.5 Å². The van der Waals surface area contributed by atoms with Crippen LogP contribution in [-0.2, 0) is 14.3 Å². The molecule has 2 aliphatic rings. The molecule has 4 rings (SSSR count). The van der Waals surface area contributed by atoms with E-state index in [1.807, 2.05) is 43.3 Å². The van der Waals surface area contributed by atoms with Crippen molar-refractivity contribution in [1.82, 2.24) is 4.90 Å². The highest BCUT2D eigenvalue weighted by Gasteiger charge is 2.38. The zero-order valence-corrected chi connectivity index (χ0v) is 19.0. The predicted octanol–water partition coefficient (Wildman–Crippen LogP) is 5.40. The third-order valence-corrected chi connectivity index (χ3v) is 6.09. The number of non-ortho nitro benzene ring substituents is 1. The zero-order chi connectivity index (χ0) is 23.4. The van der Waals surface area contributed by atoms with Crippen molar-refractivity contribution in [3.8, 4) is 0 Å². The molecule has 2 heterocycles. The van der Waals surface area contributed by atoms with E-state index in [0.717, 1.165) is 43.0 Å². The van der Waals surface area contributed by atoms with Crippen molar-refractivity contribution in [2.24, 2.45) is 0 Å². The largest absolute Gasteiger partial charge is 0.463 e. The van der Waals surface area contributed by atoms with Gasteiger partial charge in [-0.25, -0.2) is 4.79 Å². The second kappa shape index (κ2) is 9.90. The predicted molar refractivity (Wildman–Crippen MR) is 125 cm³/mol. The van der Waals surface area contributed by atoms with Gasteiger partial charge in [-0.15, -0.1) is 0 Å². The first-order valence-corrected chi connectivity index (χ1v) is 11.4. The lowest BCUT2D eigenvalue weighted by Crippen LogP contribution is -2.34. The Balaban J connectivity index is 1.94. The summed E-state index contributed by atoms with van der Waals surface area (Å²) in [6.07, 6.45) is 3.31. The molecule has 2 aromatic rings. The number of hydrogen-bond acceptors (Lipinski definition) is 6. The van der Waals surface area contributed by atoms with Gasteiger partial charge in [0.1, 0.15) is 5.76 Å². The van der Waals surface area contributed by atoms with Crippen LogP contribution < -0.4 is 0 Å². The number of hydrogen-bond donors (Lipinski definition) is 0. The molecule has 0 N–H and O–H groups in total. The number of nitro benzene ring substituents is 1. The Morgan fingerprint density at radius 1 is 1.12 bits per heavy atom. The molecule has 1 saturated heterocycles. The third-order valence-electron chi connectivity index (χ3n) is 6.09. The molecule has 0 unspecified atom stereocenters. The highest BCUT2D eigenvalue weighted by atomic mass is 16.6. The van der Waals surface area contributed by atoms with Gasteiger partial charge in [0.15, 0.2) is 5.88 Å². The van der Waals surface area contributed by atoms with E-state index in [1.54, 1.807) is 13.0 Å². The highest BCUT2D eigenvalue weighted by Crippen LogP contribution is 2.45. The van der Waals surface area contributed by atoms with Crippen molar-refractivity contribution in [2.45, 2.75) is 39.0 Å². The maximum absolute atomic E-state index is 13.3. The van der Waals surface area contributed by atoms with Crippen LogP contribution in [0.1, 0.15) is 50.2 Å². The number of rotatable bonds is 6. The van der Waals surface area contributed by atoms with E-state index in [0.29, 0.717) is 16.9 Å². The average molecular weight is 449 g/mol. The van der Waals surface area contributed by atoms with Crippen LogP contribution >= 0.6 is 0 Å². The Kier molecular flexibility index (Phi) is 6.77. The standard InChI is InChI=1S/C26H28N2O5/c1-3-32-26(29)23-22(20-13-10-14-21(17-20)28(30)31)18(2)25(27-15-8-5-9-16-27)33-24(23)19-11-6-4-7-12-19/h4,6-7,10-14,17,22H,3,5,8-9,15-16H2,1-2H3/t22-/m1/s1. The number of nitro groups is 1. The Morgan fingerprint density at radius 2 is 1.85 bits per heavy atom. The second-order valence-electron chi connectivity index (χ2n) is 8.25. The average Bonchev–Trinajstić information content (AvgIpc) is 2.85. The smallest absolute Gasteiger partial charge is 0.338 e. The maximum Gasteiger partial charge on any atom is 0.338 e. The molecule has 2 aliphatic heterocycles. The number of piperidine rings is 1. The van der Waals surface area contributed by atoms with Gasteiger partial charge in [0.05, 0.1) is 17.1 Å². The van der Waals surface area contributed by atoms with Crippen LogP contribution in [0.2, 0.25) is 0 Å². The summed E-state index contributed by atoms with van der Waals surface area (Å²) in [5.41, 5.74) is 2.62. The normalized spacial score (nSPS) is 18.7. The molecule has 33 heavy (non-hydrogen) atoms. The molecule has 0 amide bonds. The molecule has 2 aromatic carbocycles. The van der Waals surface area contributed by atoms with Crippen LogP contribution in [0, 0.1) is 10.1 Å². The number of carbonyl (C=O) groups excluding carboxylic acids is 1. The quantitative estimate of drug-likeness (QED) is 0.334. The van der Waals surface area contributed by atoms with Gasteiger partial charge in [-0.05, 0) is 44.2 Å². The Morgan fingerprint density at radius 3 is 2.52 bits per heavy atom. The van der Waals surface area contributed by atoms with Crippen molar-refractivity contribution < 1.29 is 19.2 Å². The lowest BCUT2D eigenvalue weighted by atomic mass is 9.81.